The first-order valence-corrected chi connectivity index (χ1v) is 14.7. The maximum Gasteiger partial charge on any atom is 0.216 e. The van der Waals surface area contributed by atoms with E-state index in [2.05, 4.69) is 52.2 Å². The van der Waals surface area contributed by atoms with Crippen LogP contribution in [0.15, 0.2) is 11.8 Å². The van der Waals surface area contributed by atoms with Gasteiger partial charge in [0.1, 0.15) is 6.29 Å². The van der Waals surface area contributed by atoms with Crippen LogP contribution in [0.3, 0.4) is 0 Å². The van der Waals surface area contributed by atoms with Crippen LogP contribution in [0.5, 0.6) is 0 Å². The van der Waals surface area contributed by atoms with Crippen molar-refractivity contribution in [2.75, 3.05) is 0 Å². The lowest BCUT2D eigenvalue weighted by Crippen LogP contribution is -2.39. The molecule has 0 fully saturated rings. The average Bonchev–Trinajstić information content (AvgIpc) is 2.42. The predicted molar refractivity (Wildman–Crippen MR) is 99.1 cm³/mol. The molecule has 0 aromatic rings. The monoisotopic (exact) mass is 328 g/mol. The molecule has 2 nitrogen and oxygen atoms in total. The fraction of sp³-hybridized carbons (Fsp3) is 0.824. The van der Waals surface area contributed by atoms with Crippen LogP contribution in [0.1, 0.15) is 46.5 Å². The van der Waals surface area contributed by atoms with E-state index < -0.39 is 16.4 Å². The van der Waals surface area contributed by atoms with Crippen molar-refractivity contribution in [3.63, 3.8) is 0 Å². The molecule has 0 aliphatic heterocycles. The third-order valence-corrected chi connectivity index (χ3v) is 9.49. The van der Waals surface area contributed by atoms with E-state index in [0.29, 0.717) is 6.42 Å². The van der Waals surface area contributed by atoms with Gasteiger partial charge < -0.3 is 9.22 Å². The Morgan fingerprint density at radius 3 is 2.14 bits per heavy atom. The van der Waals surface area contributed by atoms with E-state index in [-0.39, 0.29) is 6.10 Å². The van der Waals surface area contributed by atoms with Crippen molar-refractivity contribution >= 4 is 22.7 Å². The topological polar surface area (TPSA) is 26.3 Å². The van der Waals surface area contributed by atoms with Crippen molar-refractivity contribution in [1.82, 2.24) is 0 Å². The van der Waals surface area contributed by atoms with Gasteiger partial charge in [-0.15, -0.1) is 0 Å². The summed E-state index contributed by atoms with van der Waals surface area (Å²) < 4.78 is 6.53. The van der Waals surface area contributed by atoms with Gasteiger partial charge in [0, 0.05) is 14.5 Å². The summed E-state index contributed by atoms with van der Waals surface area (Å²) >= 11 is 0. The molecule has 124 valence electrons. The van der Waals surface area contributed by atoms with Gasteiger partial charge >= 0.3 is 0 Å². The van der Waals surface area contributed by atoms with E-state index in [9.17, 15) is 4.79 Å². The molecule has 0 aliphatic carbocycles. The van der Waals surface area contributed by atoms with Crippen molar-refractivity contribution in [2.24, 2.45) is 0 Å². The summed E-state index contributed by atoms with van der Waals surface area (Å²) in [6.07, 6.45) is 7.42. The molecule has 4 heteroatoms. The molecular weight excluding hydrogens is 292 g/mol. The highest BCUT2D eigenvalue weighted by molar-refractivity contribution is 6.79. The summed E-state index contributed by atoms with van der Waals surface area (Å²) in [5.74, 6) is 0. The van der Waals surface area contributed by atoms with E-state index >= 15 is 0 Å². The SMILES string of the molecule is CCCCC(CC=O)O[Si](/C=C/C[Si](C)(C)C)(CC)CC. The van der Waals surface area contributed by atoms with Crippen molar-refractivity contribution in [3.8, 4) is 0 Å². The van der Waals surface area contributed by atoms with Crippen LogP contribution in [0.2, 0.25) is 37.8 Å². The van der Waals surface area contributed by atoms with Gasteiger partial charge in [-0.3, -0.25) is 0 Å². The van der Waals surface area contributed by atoms with Gasteiger partial charge in [0.25, 0.3) is 0 Å². The van der Waals surface area contributed by atoms with Crippen LogP contribution in [0.4, 0.5) is 0 Å². The van der Waals surface area contributed by atoms with Crippen molar-refractivity contribution in [1.29, 1.82) is 0 Å². The third kappa shape index (κ3) is 9.43. The number of carbonyl (C=O) groups is 1. The minimum Gasteiger partial charge on any atom is -0.410 e. The largest absolute Gasteiger partial charge is 0.410 e. The van der Waals surface area contributed by atoms with E-state index in [0.717, 1.165) is 37.6 Å². The molecule has 0 aliphatic rings. The first kappa shape index (κ1) is 20.8. The molecule has 0 aromatic carbocycles. The Morgan fingerprint density at radius 1 is 1.10 bits per heavy atom. The van der Waals surface area contributed by atoms with Gasteiger partial charge in [-0.05, 0) is 24.6 Å². The van der Waals surface area contributed by atoms with Crippen LogP contribution in [-0.2, 0) is 9.22 Å². The van der Waals surface area contributed by atoms with Gasteiger partial charge in [-0.25, -0.2) is 0 Å². The Bertz CT molecular complexity index is 304. The second-order valence-corrected chi connectivity index (χ2v) is 16.9. The Hall–Kier alpha value is -0.196. The summed E-state index contributed by atoms with van der Waals surface area (Å²) in [7, 11) is -2.85. The highest BCUT2D eigenvalue weighted by Gasteiger charge is 2.31. The number of hydrogen-bond donors (Lipinski definition) is 0. The number of allylic oxidation sites excluding steroid dienone is 1. The van der Waals surface area contributed by atoms with E-state index in [1.165, 1.54) is 6.04 Å². The maximum absolute atomic E-state index is 10.9. The minimum absolute atomic E-state index is 0.130. The Kier molecular flexibility index (Phi) is 10.4. The first-order chi connectivity index (χ1) is 9.82. The number of rotatable bonds is 12. The Labute approximate surface area is 134 Å². The van der Waals surface area contributed by atoms with Gasteiger partial charge in [0.15, 0.2) is 0 Å². The normalized spacial score (nSPS) is 14.6. The van der Waals surface area contributed by atoms with Gasteiger partial charge in [0.2, 0.25) is 8.32 Å². The van der Waals surface area contributed by atoms with E-state index in [1.807, 2.05) is 0 Å². The van der Waals surface area contributed by atoms with Crippen molar-refractivity contribution in [3.05, 3.63) is 11.8 Å². The molecule has 0 saturated carbocycles. The molecule has 0 rings (SSSR count). The molecule has 21 heavy (non-hydrogen) atoms. The zero-order valence-electron chi connectivity index (χ0n) is 15.1. The zero-order chi connectivity index (χ0) is 16.4. The van der Waals surface area contributed by atoms with Gasteiger partial charge in [-0.1, -0.05) is 65.0 Å². The highest BCUT2D eigenvalue weighted by Crippen LogP contribution is 2.24. The lowest BCUT2D eigenvalue weighted by molar-refractivity contribution is -0.109. The van der Waals surface area contributed by atoms with Crippen molar-refractivity contribution in [2.45, 2.75) is 90.3 Å². The van der Waals surface area contributed by atoms with Crippen LogP contribution in [0, 0.1) is 0 Å². The third-order valence-electron chi connectivity index (χ3n) is 3.99. The molecule has 1 unspecified atom stereocenters. The molecule has 0 aromatic heterocycles. The fourth-order valence-corrected chi connectivity index (χ4v) is 6.28. The molecule has 0 heterocycles. The standard InChI is InChI=1S/C17H36O2Si2/c1-7-10-12-17(13-14-18)19-21(8-2,9-3)16-11-15-20(4,5)6/h11,14,16-17H,7-10,12-13,15H2,1-6H3/b16-11+. The maximum atomic E-state index is 10.9. The van der Waals surface area contributed by atoms with Gasteiger partial charge in [-0.2, -0.15) is 0 Å². The summed E-state index contributed by atoms with van der Waals surface area (Å²) in [5.41, 5.74) is 2.41. The lowest BCUT2D eigenvalue weighted by atomic mass is 10.1. The number of unbranched alkanes of at least 4 members (excludes halogenated alkanes) is 1. The first-order valence-electron chi connectivity index (χ1n) is 8.61. The molecule has 0 amide bonds. The number of aldehydes is 1. The lowest BCUT2D eigenvalue weighted by Gasteiger charge is -2.31. The quantitative estimate of drug-likeness (QED) is 0.346. The minimum atomic E-state index is -1.81. The van der Waals surface area contributed by atoms with Crippen LogP contribution in [-0.4, -0.2) is 28.8 Å². The summed E-state index contributed by atoms with van der Waals surface area (Å²) in [6.45, 7) is 13.9. The van der Waals surface area contributed by atoms with Crippen LogP contribution >= 0.6 is 0 Å². The average molecular weight is 329 g/mol. The van der Waals surface area contributed by atoms with E-state index in [1.54, 1.807) is 0 Å². The molecule has 0 spiro atoms. The second kappa shape index (κ2) is 10.5. The van der Waals surface area contributed by atoms with E-state index in [4.69, 9.17) is 4.43 Å². The zero-order valence-corrected chi connectivity index (χ0v) is 17.1. The molecular formula is C17H36O2Si2. The van der Waals surface area contributed by atoms with Crippen molar-refractivity contribution < 1.29 is 9.22 Å². The number of hydrogen-bond acceptors (Lipinski definition) is 2. The summed E-state index contributed by atoms with van der Waals surface area (Å²) in [6, 6.07) is 3.43. The summed E-state index contributed by atoms with van der Waals surface area (Å²) in [5, 5.41) is 0. The Balaban J connectivity index is 4.85. The Morgan fingerprint density at radius 2 is 1.71 bits per heavy atom. The molecule has 0 radical (unpaired) electrons. The molecule has 0 N–H and O–H groups in total. The molecule has 0 bridgehead atoms. The van der Waals surface area contributed by atoms with Crippen LogP contribution < -0.4 is 0 Å². The molecule has 1 atom stereocenters. The highest BCUT2D eigenvalue weighted by atomic mass is 28.4. The van der Waals surface area contributed by atoms with Gasteiger partial charge in [0.05, 0.1) is 6.10 Å². The smallest absolute Gasteiger partial charge is 0.216 e. The summed E-state index contributed by atoms with van der Waals surface area (Å²) in [4.78, 5) is 10.9. The second-order valence-electron chi connectivity index (χ2n) is 7.22. The fourth-order valence-electron chi connectivity index (χ4n) is 2.41. The number of carbonyl (C=O) groups excluding carboxylic acids is 1. The van der Waals surface area contributed by atoms with Crippen LogP contribution in [0.25, 0.3) is 0 Å². The predicted octanol–water partition coefficient (Wildman–Crippen LogP) is 5.57. The molecule has 0 saturated heterocycles.